The lowest BCUT2D eigenvalue weighted by molar-refractivity contribution is -0.136. The molecular formula is C26H19ClO4S. The van der Waals surface area contributed by atoms with E-state index in [2.05, 4.69) is 0 Å². The second-order valence-corrected chi connectivity index (χ2v) is 8.50. The minimum absolute atomic E-state index is 0.00479. The van der Waals surface area contributed by atoms with Crippen molar-refractivity contribution < 1.29 is 19.4 Å². The van der Waals surface area contributed by atoms with Crippen molar-refractivity contribution in [2.45, 2.75) is 13.3 Å². The number of Topliss-reactive ketones (excluding diaryl/α,β-unsaturated/α-hetero) is 1. The Morgan fingerprint density at radius 2 is 1.53 bits per heavy atom. The molecule has 1 aromatic heterocycles. The Kier molecular flexibility index (Phi) is 6.40. The molecule has 3 aromatic carbocycles. The molecule has 0 aliphatic heterocycles. The van der Waals surface area contributed by atoms with E-state index < -0.39 is 5.97 Å². The number of aliphatic carboxylic acids is 1. The monoisotopic (exact) mass is 462 g/mol. The average molecular weight is 463 g/mol. The standard InChI is InChI=1S/C26H19ClO4S/c1-16(28)17-6-10-19(11-7-17)31-20-12-8-18(9-13-20)26-22(14-25(29)30)23(15-32-26)21-4-2-3-5-24(21)27/h2-13,15H,14H2,1H3,(H,29,30). The molecular weight excluding hydrogens is 444 g/mol. The minimum atomic E-state index is -0.896. The van der Waals surface area contributed by atoms with Crippen LogP contribution in [-0.4, -0.2) is 16.9 Å². The van der Waals surface area contributed by atoms with Crippen LogP contribution in [0.1, 0.15) is 22.8 Å². The number of hydrogen-bond donors (Lipinski definition) is 1. The summed E-state index contributed by atoms with van der Waals surface area (Å²) in [4.78, 5) is 23.9. The van der Waals surface area contributed by atoms with Crippen LogP contribution in [0, 0.1) is 0 Å². The van der Waals surface area contributed by atoms with Gasteiger partial charge in [-0.15, -0.1) is 11.3 Å². The molecule has 32 heavy (non-hydrogen) atoms. The molecule has 0 atom stereocenters. The Bertz CT molecular complexity index is 1270. The van der Waals surface area contributed by atoms with Crippen molar-refractivity contribution in [1.29, 1.82) is 0 Å². The zero-order valence-corrected chi connectivity index (χ0v) is 18.7. The van der Waals surface area contributed by atoms with Gasteiger partial charge in [-0.2, -0.15) is 0 Å². The van der Waals surface area contributed by atoms with Gasteiger partial charge in [-0.3, -0.25) is 9.59 Å². The first kappa shape index (κ1) is 21.8. The Hall–Kier alpha value is -3.41. The highest BCUT2D eigenvalue weighted by atomic mass is 35.5. The van der Waals surface area contributed by atoms with Crippen LogP contribution in [-0.2, 0) is 11.2 Å². The minimum Gasteiger partial charge on any atom is -0.481 e. The van der Waals surface area contributed by atoms with Crippen LogP contribution in [0.2, 0.25) is 5.02 Å². The number of carboxylic acids is 1. The van der Waals surface area contributed by atoms with E-state index >= 15 is 0 Å². The van der Waals surface area contributed by atoms with Crippen LogP contribution >= 0.6 is 22.9 Å². The van der Waals surface area contributed by atoms with E-state index in [1.165, 1.54) is 18.3 Å². The van der Waals surface area contributed by atoms with E-state index in [1.54, 1.807) is 30.3 Å². The molecule has 0 saturated carbocycles. The highest BCUT2D eigenvalue weighted by Gasteiger charge is 2.19. The molecule has 0 amide bonds. The zero-order chi connectivity index (χ0) is 22.7. The van der Waals surface area contributed by atoms with Crippen LogP contribution in [0.5, 0.6) is 11.5 Å². The summed E-state index contributed by atoms with van der Waals surface area (Å²) in [7, 11) is 0. The Morgan fingerprint density at radius 3 is 2.12 bits per heavy atom. The van der Waals surface area contributed by atoms with Gasteiger partial charge in [-0.25, -0.2) is 0 Å². The van der Waals surface area contributed by atoms with E-state index in [0.717, 1.165) is 27.1 Å². The van der Waals surface area contributed by atoms with Crippen LogP contribution < -0.4 is 4.74 Å². The molecule has 0 saturated heterocycles. The van der Waals surface area contributed by atoms with E-state index in [-0.39, 0.29) is 12.2 Å². The van der Waals surface area contributed by atoms with E-state index in [4.69, 9.17) is 16.3 Å². The van der Waals surface area contributed by atoms with Gasteiger partial charge in [0.05, 0.1) is 6.42 Å². The van der Waals surface area contributed by atoms with Crippen molar-refractivity contribution in [1.82, 2.24) is 0 Å². The summed E-state index contributed by atoms with van der Waals surface area (Å²) in [6, 6.07) is 21.9. The normalized spacial score (nSPS) is 10.7. The lowest BCUT2D eigenvalue weighted by Crippen LogP contribution is -2.01. The number of carbonyl (C=O) groups is 2. The van der Waals surface area contributed by atoms with Crippen LogP contribution in [0.15, 0.2) is 78.2 Å². The molecule has 1 heterocycles. The maximum Gasteiger partial charge on any atom is 0.307 e. The number of hydrogen-bond acceptors (Lipinski definition) is 4. The average Bonchev–Trinajstić information content (AvgIpc) is 3.17. The molecule has 1 N–H and O–H groups in total. The van der Waals surface area contributed by atoms with Crippen molar-refractivity contribution in [3.05, 3.63) is 94.3 Å². The van der Waals surface area contributed by atoms with Crippen LogP contribution in [0.25, 0.3) is 21.6 Å². The second kappa shape index (κ2) is 9.39. The molecule has 0 fully saturated rings. The molecule has 4 nitrogen and oxygen atoms in total. The summed E-state index contributed by atoms with van der Waals surface area (Å²) >= 11 is 7.86. The van der Waals surface area contributed by atoms with Crippen molar-refractivity contribution in [2.24, 2.45) is 0 Å². The number of carbonyl (C=O) groups excluding carboxylic acids is 1. The molecule has 0 spiro atoms. The van der Waals surface area contributed by atoms with Crippen LogP contribution in [0.3, 0.4) is 0 Å². The zero-order valence-electron chi connectivity index (χ0n) is 17.2. The third kappa shape index (κ3) is 4.74. The smallest absolute Gasteiger partial charge is 0.307 e. The fourth-order valence-corrected chi connectivity index (χ4v) is 4.76. The second-order valence-electron chi connectivity index (χ2n) is 7.21. The largest absolute Gasteiger partial charge is 0.481 e. The lowest BCUT2D eigenvalue weighted by Gasteiger charge is -2.09. The maximum atomic E-state index is 11.6. The van der Waals surface area contributed by atoms with Crippen molar-refractivity contribution in [2.75, 3.05) is 0 Å². The molecule has 6 heteroatoms. The molecule has 4 aromatic rings. The first-order chi connectivity index (χ1) is 15.4. The van der Waals surface area contributed by atoms with Gasteiger partial charge in [-0.05, 0) is 83.6 Å². The number of ether oxygens (including phenoxy) is 1. The predicted molar refractivity (Wildman–Crippen MR) is 128 cm³/mol. The lowest BCUT2D eigenvalue weighted by atomic mass is 9.98. The Labute approximate surface area is 194 Å². The van der Waals surface area contributed by atoms with E-state index in [9.17, 15) is 14.7 Å². The van der Waals surface area contributed by atoms with Gasteiger partial charge in [-0.1, -0.05) is 29.8 Å². The quantitative estimate of drug-likeness (QED) is 0.291. The molecule has 0 aliphatic carbocycles. The van der Waals surface area contributed by atoms with Gasteiger partial charge < -0.3 is 9.84 Å². The van der Waals surface area contributed by atoms with E-state index in [0.29, 0.717) is 22.1 Å². The summed E-state index contributed by atoms with van der Waals surface area (Å²) in [5.41, 5.74) is 3.93. The van der Waals surface area contributed by atoms with Gasteiger partial charge >= 0.3 is 5.97 Å². The predicted octanol–water partition coefficient (Wildman–Crippen LogP) is 7.36. The summed E-state index contributed by atoms with van der Waals surface area (Å²) in [5.74, 6) is 0.385. The van der Waals surface area contributed by atoms with Gasteiger partial charge in [0.1, 0.15) is 11.5 Å². The van der Waals surface area contributed by atoms with Crippen LogP contribution in [0.4, 0.5) is 0 Å². The summed E-state index contributed by atoms with van der Waals surface area (Å²) in [6.45, 7) is 1.52. The number of ketones is 1. The first-order valence-corrected chi connectivity index (χ1v) is 11.1. The molecule has 0 unspecified atom stereocenters. The Morgan fingerprint density at radius 1 is 0.906 bits per heavy atom. The molecule has 0 aliphatic rings. The van der Waals surface area contributed by atoms with Gasteiger partial charge in [0.2, 0.25) is 0 Å². The summed E-state index contributed by atoms with van der Waals surface area (Å²) in [6.07, 6.45) is -0.0971. The SMILES string of the molecule is CC(=O)c1ccc(Oc2ccc(-c3scc(-c4ccccc4Cl)c3CC(=O)O)cc2)cc1. The third-order valence-corrected chi connectivity index (χ3v) is 6.40. The van der Waals surface area contributed by atoms with Gasteiger partial charge in [0.15, 0.2) is 5.78 Å². The first-order valence-electron chi connectivity index (χ1n) is 9.88. The summed E-state index contributed by atoms with van der Waals surface area (Å²) < 4.78 is 5.87. The maximum absolute atomic E-state index is 11.6. The highest BCUT2D eigenvalue weighted by Crippen LogP contribution is 2.41. The number of halogens is 1. The fourth-order valence-electron chi connectivity index (χ4n) is 3.43. The third-order valence-electron chi connectivity index (χ3n) is 5.00. The summed E-state index contributed by atoms with van der Waals surface area (Å²) in [5, 5.41) is 12.0. The number of thiophene rings is 1. The van der Waals surface area contributed by atoms with Gasteiger partial charge in [0, 0.05) is 21.0 Å². The number of benzene rings is 3. The molecule has 0 bridgehead atoms. The van der Waals surface area contributed by atoms with Gasteiger partial charge in [0.25, 0.3) is 0 Å². The molecule has 0 radical (unpaired) electrons. The number of carboxylic acid groups (broad SMARTS) is 1. The van der Waals surface area contributed by atoms with Crippen molar-refractivity contribution in [3.63, 3.8) is 0 Å². The topological polar surface area (TPSA) is 63.6 Å². The number of rotatable bonds is 7. The Balaban J connectivity index is 1.63. The van der Waals surface area contributed by atoms with Crippen molar-refractivity contribution >= 4 is 34.7 Å². The van der Waals surface area contributed by atoms with E-state index in [1.807, 2.05) is 47.8 Å². The highest BCUT2D eigenvalue weighted by molar-refractivity contribution is 7.14. The molecule has 160 valence electrons. The fraction of sp³-hybridized carbons (Fsp3) is 0.0769. The van der Waals surface area contributed by atoms with Crippen molar-refractivity contribution in [3.8, 4) is 33.1 Å². The molecule has 4 rings (SSSR count).